The molecule has 82 heavy (non-hydrogen) atoms. The van der Waals surface area contributed by atoms with Crippen LogP contribution >= 0.6 is 0 Å². The van der Waals surface area contributed by atoms with Gasteiger partial charge in [-0.1, -0.05) is 326 Å². The molecule has 1 atom stereocenters. The van der Waals surface area contributed by atoms with Crippen LogP contribution in [0.5, 0.6) is 0 Å². The van der Waals surface area contributed by atoms with Crippen LogP contribution in [0.4, 0.5) is 0 Å². The lowest BCUT2D eigenvalue weighted by molar-refractivity contribution is -0.167. The van der Waals surface area contributed by atoms with Gasteiger partial charge in [-0.25, -0.2) is 0 Å². The van der Waals surface area contributed by atoms with Crippen LogP contribution in [-0.2, 0) is 28.6 Å². The van der Waals surface area contributed by atoms with Crippen molar-refractivity contribution in [2.75, 3.05) is 13.2 Å². The van der Waals surface area contributed by atoms with E-state index in [0.717, 1.165) is 70.6 Å². The highest BCUT2D eigenvalue weighted by Gasteiger charge is 2.19. The summed E-state index contributed by atoms with van der Waals surface area (Å²) in [6.07, 6.45) is 90.0. The van der Waals surface area contributed by atoms with Gasteiger partial charge in [0.15, 0.2) is 6.10 Å². The molecule has 0 radical (unpaired) electrons. The number of ether oxygens (including phenoxy) is 3. The molecule has 0 aliphatic heterocycles. The van der Waals surface area contributed by atoms with Crippen LogP contribution in [0.15, 0.2) is 48.6 Å². The smallest absolute Gasteiger partial charge is 0.306 e. The second-order valence-corrected chi connectivity index (χ2v) is 24.8. The molecule has 0 heterocycles. The van der Waals surface area contributed by atoms with E-state index in [2.05, 4.69) is 69.4 Å². The first-order valence-electron chi connectivity index (χ1n) is 36.6. The first-order valence-corrected chi connectivity index (χ1v) is 36.6. The standard InChI is InChI=1S/C76H140O6/c1-4-7-10-13-16-19-22-25-28-31-33-34-35-36-37-38-39-40-41-42-44-45-48-51-54-57-60-63-66-69-75(78)81-72-73(71-80-74(77)68-65-62-59-56-53-50-47-30-27-24-21-18-15-12-9-6-3)82-76(79)70-67-64-61-58-55-52-49-46-43-32-29-26-23-20-17-14-11-8-5-2/h17,20,26,29-31,33,47,73H,4-16,18-19,21-25,27-28,32,34-46,48-72H2,1-3H3/b20-17-,29-26-,33-31-,47-30-. The summed E-state index contributed by atoms with van der Waals surface area (Å²) in [7, 11) is 0. The summed E-state index contributed by atoms with van der Waals surface area (Å²) in [5.74, 6) is -0.859. The van der Waals surface area contributed by atoms with Gasteiger partial charge in [0.2, 0.25) is 0 Å². The van der Waals surface area contributed by atoms with Crippen LogP contribution in [0.25, 0.3) is 0 Å². The zero-order chi connectivity index (χ0) is 59.2. The number of allylic oxidation sites excluding steroid dienone is 8. The quantitative estimate of drug-likeness (QED) is 0.0261. The van der Waals surface area contributed by atoms with Crippen molar-refractivity contribution in [1.82, 2.24) is 0 Å². The predicted molar refractivity (Wildman–Crippen MR) is 358 cm³/mol. The van der Waals surface area contributed by atoms with Crippen molar-refractivity contribution >= 4 is 17.9 Å². The Kier molecular flexibility index (Phi) is 68.6. The first kappa shape index (κ1) is 79.4. The summed E-state index contributed by atoms with van der Waals surface area (Å²) in [4.78, 5) is 38.5. The molecule has 0 aliphatic carbocycles. The Balaban J connectivity index is 4.24. The Morgan fingerprint density at radius 3 is 0.707 bits per heavy atom. The molecule has 6 heteroatoms. The number of hydrogen-bond acceptors (Lipinski definition) is 6. The van der Waals surface area contributed by atoms with Gasteiger partial charge in [-0.05, 0) is 103 Å². The van der Waals surface area contributed by atoms with E-state index in [1.54, 1.807) is 0 Å². The number of hydrogen-bond donors (Lipinski definition) is 0. The highest BCUT2D eigenvalue weighted by Crippen LogP contribution is 2.18. The SMILES string of the molecule is CCCCC/C=C\C/C=C\CCCCCCCCCCCC(=O)OC(COC(=O)CCCCCCC/C=C\CCCCCCCCC)COC(=O)CCCCCCCCCCCCCCCCCCC/C=C\CCCCCCCCCC. The fraction of sp³-hybridized carbons (Fsp3) is 0.855. The molecule has 0 amide bonds. The second-order valence-electron chi connectivity index (χ2n) is 24.8. The molecule has 480 valence electrons. The average Bonchev–Trinajstić information content (AvgIpc) is 3.47. The van der Waals surface area contributed by atoms with Crippen LogP contribution in [-0.4, -0.2) is 37.2 Å². The lowest BCUT2D eigenvalue weighted by Crippen LogP contribution is -2.30. The van der Waals surface area contributed by atoms with Gasteiger partial charge >= 0.3 is 17.9 Å². The largest absolute Gasteiger partial charge is 0.462 e. The van der Waals surface area contributed by atoms with Gasteiger partial charge in [0.1, 0.15) is 13.2 Å². The fourth-order valence-electron chi connectivity index (χ4n) is 11.0. The molecule has 0 saturated heterocycles. The fourth-order valence-corrected chi connectivity index (χ4v) is 11.0. The van der Waals surface area contributed by atoms with E-state index >= 15 is 0 Å². The highest BCUT2D eigenvalue weighted by atomic mass is 16.6. The van der Waals surface area contributed by atoms with Crippen LogP contribution < -0.4 is 0 Å². The van der Waals surface area contributed by atoms with E-state index in [0.29, 0.717) is 19.3 Å². The normalized spacial score (nSPS) is 12.3. The molecular formula is C76H140O6. The van der Waals surface area contributed by atoms with Crippen molar-refractivity contribution in [3.8, 4) is 0 Å². The summed E-state index contributed by atoms with van der Waals surface area (Å²) >= 11 is 0. The zero-order valence-electron chi connectivity index (χ0n) is 55.3. The third-order valence-electron chi connectivity index (χ3n) is 16.5. The van der Waals surface area contributed by atoms with Crippen LogP contribution in [0.1, 0.15) is 400 Å². The maximum atomic E-state index is 13.0. The topological polar surface area (TPSA) is 78.9 Å². The Labute approximate surface area is 511 Å². The third kappa shape index (κ3) is 68.2. The van der Waals surface area contributed by atoms with Gasteiger partial charge in [-0.2, -0.15) is 0 Å². The minimum Gasteiger partial charge on any atom is -0.462 e. The summed E-state index contributed by atoms with van der Waals surface area (Å²) in [6, 6.07) is 0. The maximum Gasteiger partial charge on any atom is 0.306 e. The number of esters is 3. The Morgan fingerprint density at radius 2 is 0.439 bits per heavy atom. The first-order chi connectivity index (χ1) is 40.5. The molecular weight excluding hydrogens is 1010 g/mol. The molecule has 0 spiro atoms. The molecule has 0 aliphatic rings. The molecule has 0 bridgehead atoms. The van der Waals surface area contributed by atoms with Gasteiger partial charge < -0.3 is 14.2 Å². The molecule has 1 unspecified atom stereocenters. The van der Waals surface area contributed by atoms with Gasteiger partial charge in [0.05, 0.1) is 0 Å². The maximum absolute atomic E-state index is 13.0. The van der Waals surface area contributed by atoms with Crippen LogP contribution in [0.2, 0.25) is 0 Å². The van der Waals surface area contributed by atoms with Crippen molar-refractivity contribution in [2.24, 2.45) is 0 Å². The minimum absolute atomic E-state index is 0.0735. The van der Waals surface area contributed by atoms with Crippen molar-refractivity contribution in [1.29, 1.82) is 0 Å². The van der Waals surface area contributed by atoms with Crippen molar-refractivity contribution in [2.45, 2.75) is 406 Å². The lowest BCUT2D eigenvalue weighted by atomic mass is 10.0. The zero-order valence-corrected chi connectivity index (χ0v) is 55.3. The molecule has 0 aromatic rings. The van der Waals surface area contributed by atoms with Crippen molar-refractivity contribution < 1.29 is 28.6 Å². The molecule has 0 N–H and O–H groups in total. The number of unbranched alkanes of at least 4 members (excludes halogenated alkanes) is 49. The minimum atomic E-state index is -0.779. The van der Waals surface area contributed by atoms with Crippen LogP contribution in [0.3, 0.4) is 0 Å². The number of carbonyl (C=O) groups is 3. The molecule has 0 rings (SSSR count). The van der Waals surface area contributed by atoms with Gasteiger partial charge in [0, 0.05) is 19.3 Å². The summed E-state index contributed by atoms with van der Waals surface area (Å²) in [5.41, 5.74) is 0. The lowest BCUT2D eigenvalue weighted by Gasteiger charge is -2.18. The average molecular weight is 1150 g/mol. The number of rotatable bonds is 68. The molecule has 0 fully saturated rings. The number of carbonyl (C=O) groups excluding carboxylic acids is 3. The van der Waals surface area contributed by atoms with Gasteiger partial charge in [-0.3, -0.25) is 14.4 Å². The monoisotopic (exact) mass is 1150 g/mol. The van der Waals surface area contributed by atoms with Crippen LogP contribution in [0, 0.1) is 0 Å². The summed E-state index contributed by atoms with van der Waals surface area (Å²) in [5, 5.41) is 0. The third-order valence-corrected chi connectivity index (χ3v) is 16.5. The Bertz CT molecular complexity index is 1410. The van der Waals surface area contributed by atoms with Gasteiger partial charge in [0.25, 0.3) is 0 Å². The highest BCUT2D eigenvalue weighted by molar-refractivity contribution is 5.71. The van der Waals surface area contributed by atoms with Crippen molar-refractivity contribution in [3.63, 3.8) is 0 Å². The van der Waals surface area contributed by atoms with E-state index in [9.17, 15) is 14.4 Å². The van der Waals surface area contributed by atoms with Crippen molar-refractivity contribution in [3.05, 3.63) is 48.6 Å². The summed E-state index contributed by atoms with van der Waals surface area (Å²) in [6.45, 7) is 6.67. The van der Waals surface area contributed by atoms with Gasteiger partial charge in [-0.15, -0.1) is 0 Å². The second kappa shape index (κ2) is 70.9. The predicted octanol–water partition coefficient (Wildman–Crippen LogP) is 25.3. The molecule has 0 aromatic heterocycles. The van der Waals surface area contributed by atoms with E-state index in [-0.39, 0.29) is 31.1 Å². The van der Waals surface area contributed by atoms with E-state index in [1.165, 1.54) is 289 Å². The summed E-state index contributed by atoms with van der Waals surface area (Å²) < 4.78 is 17.0. The molecule has 0 saturated carbocycles. The molecule has 0 aromatic carbocycles. The van der Waals surface area contributed by atoms with E-state index in [1.807, 2.05) is 0 Å². The Morgan fingerprint density at radius 1 is 0.244 bits per heavy atom. The van der Waals surface area contributed by atoms with E-state index < -0.39 is 6.10 Å². The Hall–Kier alpha value is -2.63. The van der Waals surface area contributed by atoms with E-state index in [4.69, 9.17) is 14.2 Å². The molecule has 6 nitrogen and oxygen atoms in total.